The highest BCUT2D eigenvalue weighted by molar-refractivity contribution is 7.89. The lowest BCUT2D eigenvalue weighted by atomic mass is 10.0. The predicted molar refractivity (Wildman–Crippen MR) is 182 cm³/mol. The van der Waals surface area contributed by atoms with E-state index in [1.807, 2.05) is 26.0 Å². The molecular formula is C33H39ClN4O6S2. The number of halogens is 1. The lowest BCUT2D eigenvalue weighted by Gasteiger charge is -2.30. The zero-order valence-electron chi connectivity index (χ0n) is 26.0. The Balaban J connectivity index is 1.55. The fraction of sp³-hybridized carbons (Fsp3) is 0.364. The molecule has 0 fully saturated rings. The Hall–Kier alpha value is -3.55. The molecule has 0 spiro atoms. The van der Waals surface area contributed by atoms with Gasteiger partial charge in [0.2, 0.25) is 15.9 Å². The van der Waals surface area contributed by atoms with Gasteiger partial charge >= 0.3 is 6.09 Å². The van der Waals surface area contributed by atoms with Crippen LogP contribution >= 0.6 is 22.9 Å². The number of carbonyl (C=O) groups excluding carboxylic acids is 2. The third kappa shape index (κ3) is 9.04. The summed E-state index contributed by atoms with van der Waals surface area (Å²) in [5, 5.41) is 16.5. The Kier molecular flexibility index (Phi) is 12.5. The van der Waals surface area contributed by atoms with Gasteiger partial charge < -0.3 is 20.5 Å². The SMILES string of the molecule is COC(=O)NC(Cc1ccccc1Cl)C(=O)Nc1ccccc1CCC(CO)N(CCC(C)C)S(=O)(=O)c1ccc2ncsc2c1. The van der Waals surface area contributed by atoms with Crippen LogP contribution in [0.4, 0.5) is 10.5 Å². The Morgan fingerprint density at radius 3 is 2.46 bits per heavy atom. The van der Waals surface area contributed by atoms with Crippen molar-refractivity contribution in [1.82, 2.24) is 14.6 Å². The summed E-state index contributed by atoms with van der Waals surface area (Å²) in [6, 6.07) is 17.4. The second-order valence-corrected chi connectivity index (χ2v) is 14.5. The fourth-order valence-electron chi connectivity index (χ4n) is 5.04. The van der Waals surface area contributed by atoms with E-state index in [0.29, 0.717) is 35.5 Å². The van der Waals surface area contributed by atoms with Crippen molar-refractivity contribution in [1.29, 1.82) is 0 Å². The zero-order valence-corrected chi connectivity index (χ0v) is 28.4. The molecule has 4 aromatic rings. The van der Waals surface area contributed by atoms with Crippen LogP contribution in [-0.4, -0.2) is 67.2 Å². The number of aliphatic hydroxyl groups is 1. The first kappa shape index (κ1) is 35.3. The molecule has 10 nitrogen and oxygen atoms in total. The number of amides is 2. The Labute approximate surface area is 278 Å². The van der Waals surface area contributed by atoms with E-state index in [1.54, 1.807) is 60.1 Å². The molecule has 4 rings (SSSR count). The van der Waals surface area contributed by atoms with E-state index in [2.05, 4.69) is 15.6 Å². The molecular weight excluding hydrogens is 648 g/mol. The number of thiazole rings is 1. The minimum absolute atomic E-state index is 0.130. The van der Waals surface area contributed by atoms with Crippen LogP contribution in [0.1, 0.15) is 37.8 Å². The van der Waals surface area contributed by atoms with Crippen LogP contribution in [0.25, 0.3) is 10.2 Å². The molecule has 0 bridgehead atoms. The minimum atomic E-state index is -3.95. The number of alkyl carbamates (subject to hydrolysis) is 1. The van der Waals surface area contributed by atoms with Crippen molar-refractivity contribution < 1.29 is 27.9 Å². The average molecular weight is 687 g/mol. The van der Waals surface area contributed by atoms with Crippen LogP contribution in [0.15, 0.2) is 77.1 Å². The van der Waals surface area contributed by atoms with Crippen molar-refractivity contribution in [2.24, 2.45) is 5.92 Å². The molecule has 46 heavy (non-hydrogen) atoms. The predicted octanol–water partition coefficient (Wildman–Crippen LogP) is 5.89. The number of methoxy groups -OCH3 is 1. The van der Waals surface area contributed by atoms with Crippen LogP contribution in [0, 0.1) is 5.92 Å². The Morgan fingerprint density at radius 2 is 1.76 bits per heavy atom. The van der Waals surface area contributed by atoms with Gasteiger partial charge in [-0.05, 0) is 66.6 Å². The van der Waals surface area contributed by atoms with Gasteiger partial charge in [0, 0.05) is 29.7 Å². The highest BCUT2D eigenvalue weighted by atomic mass is 35.5. The van der Waals surface area contributed by atoms with Gasteiger partial charge in [-0.3, -0.25) is 4.79 Å². The van der Waals surface area contributed by atoms with E-state index < -0.39 is 34.1 Å². The summed E-state index contributed by atoms with van der Waals surface area (Å²) in [5.74, 6) is -0.231. The zero-order chi connectivity index (χ0) is 33.3. The number of fused-ring (bicyclic) bond motifs is 1. The second-order valence-electron chi connectivity index (χ2n) is 11.3. The van der Waals surface area contributed by atoms with Crippen molar-refractivity contribution in [2.75, 3.05) is 25.6 Å². The number of benzene rings is 3. The number of ether oxygens (including phenoxy) is 1. The van der Waals surface area contributed by atoms with Crippen molar-refractivity contribution in [3.63, 3.8) is 0 Å². The molecule has 0 saturated heterocycles. The van der Waals surface area contributed by atoms with Gasteiger partial charge in [0.05, 0.1) is 34.3 Å². The van der Waals surface area contributed by atoms with Crippen LogP contribution < -0.4 is 10.6 Å². The number of rotatable bonds is 15. The maximum Gasteiger partial charge on any atom is 0.407 e. The van der Waals surface area contributed by atoms with Gasteiger partial charge in [-0.15, -0.1) is 11.3 Å². The van der Waals surface area contributed by atoms with E-state index in [1.165, 1.54) is 22.8 Å². The molecule has 0 saturated carbocycles. The molecule has 1 heterocycles. The van der Waals surface area contributed by atoms with E-state index in [-0.39, 0.29) is 30.4 Å². The highest BCUT2D eigenvalue weighted by Crippen LogP contribution is 2.28. The first-order valence-electron chi connectivity index (χ1n) is 15.0. The van der Waals surface area contributed by atoms with Gasteiger partial charge in [-0.2, -0.15) is 4.31 Å². The van der Waals surface area contributed by atoms with Crippen molar-refractivity contribution in [3.05, 3.63) is 88.4 Å². The number of anilines is 1. The monoisotopic (exact) mass is 686 g/mol. The summed E-state index contributed by atoms with van der Waals surface area (Å²) in [5.41, 5.74) is 4.33. The molecule has 246 valence electrons. The standard InChI is InChI=1S/C33H39ClN4O6S2/c1-22(2)16-17-38(46(42,43)26-14-15-29-31(19-26)45-21-35-29)25(20-39)13-12-23-8-5-7-11-28(23)36-32(40)30(37-33(41)44-3)18-24-9-4-6-10-27(24)34/h4-11,14-15,19,21-22,25,30,39H,12-13,16-18,20H2,1-3H3,(H,36,40)(H,37,41). The van der Waals surface area contributed by atoms with Crippen LogP contribution in [0.3, 0.4) is 0 Å². The number of aliphatic hydroxyl groups excluding tert-OH is 1. The summed E-state index contributed by atoms with van der Waals surface area (Å²) in [6.45, 7) is 3.91. The third-order valence-electron chi connectivity index (χ3n) is 7.65. The normalized spacial score (nSPS) is 13.1. The topological polar surface area (TPSA) is 138 Å². The van der Waals surface area contributed by atoms with E-state index >= 15 is 0 Å². The number of aryl methyl sites for hydroxylation is 1. The molecule has 2 amide bonds. The molecule has 0 radical (unpaired) electrons. The van der Waals surface area contributed by atoms with Crippen molar-refractivity contribution in [2.45, 2.75) is 56.5 Å². The molecule has 3 aromatic carbocycles. The maximum absolute atomic E-state index is 14.0. The number of para-hydroxylation sites is 1. The number of aromatic nitrogens is 1. The third-order valence-corrected chi connectivity index (χ3v) is 10.8. The van der Waals surface area contributed by atoms with Crippen LogP contribution in [0.5, 0.6) is 0 Å². The smallest absolute Gasteiger partial charge is 0.407 e. The van der Waals surface area contributed by atoms with Crippen LogP contribution in [0.2, 0.25) is 5.02 Å². The number of hydrogen-bond donors (Lipinski definition) is 3. The number of hydrogen-bond acceptors (Lipinski definition) is 8. The van der Waals surface area contributed by atoms with Crippen LogP contribution in [-0.2, 0) is 32.4 Å². The molecule has 1 aromatic heterocycles. The summed E-state index contributed by atoms with van der Waals surface area (Å²) >= 11 is 7.69. The molecule has 0 aliphatic rings. The number of carbonyl (C=O) groups is 2. The van der Waals surface area contributed by atoms with Crippen molar-refractivity contribution in [3.8, 4) is 0 Å². The summed E-state index contributed by atoms with van der Waals surface area (Å²) in [4.78, 5) is 30.0. The van der Waals surface area contributed by atoms with Gasteiger partial charge in [0.25, 0.3) is 0 Å². The average Bonchev–Trinajstić information content (AvgIpc) is 3.52. The van der Waals surface area contributed by atoms with Crippen molar-refractivity contribution >= 4 is 60.9 Å². The number of sulfonamides is 1. The van der Waals surface area contributed by atoms with E-state index in [9.17, 15) is 23.1 Å². The molecule has 3 N–H and O–H groups in total. The summed E-state index contributed by atoms with van der Waals surface area (Å²) in [6.07, 6.45) is 0.648. The first-order chi connectivity index (χ1) is 22.0. The quantitative estimate of drug-likeness (QED) is 0.142. The lowest BCUT2D eigenvalue weighted by Crippen LogP contribution is -2.45. The maximum atomic E-state index is 14.0. The summed E-state index contributed by atoms with van der Waals surface area (Å²) in [7, 11) is -2.73. The Bertz CT molecular complexity index is 1750. The van der Waals surface area contributed by atoms with E-state index in [0.717, 1.165) is 15.8 Å². The largest absolute Gasteiger partial charge is 0.453 e. The first-order valence-corrected chi connectivity index (χ1v) is 17.7. The fourth-order valence-corrected chi connectivity index (χ4v) is 7.73. The molecule has 2 unspecified atom stereocenters. The lowest BCUT2D eigenvalue weighted by molar-refractivity contribution is -0.118. The van der Waals surface area contributed by atoms with E-state index in [4.69, 9.17) is 16.3 Å². The number of nitrogens with one attached hydrogen (secondary N) is 2. The van der Waals surface area contributed by atoms with Gasteiger partial charge in [0.1, 0.15) is 6.04 Å². The molecule has 0 aliphatic carbocycles. The number of nitrogens with zero attached hydrogens (tertiary/aromatic N) is 2. The molecule has 2 atom stereocenters. The second kappa shape index (κ2) is 16.3. The molecule has 0 aliphatic heterocycles. The van der Waals surface area contributed by atoms with Gasteiger partial charge in [-0.25, -0.2) is 18.2 Å². The van der Waals surface area contributed by atoms with Gasteiger partial charge in [-0.1, -0.05) is 61.8 Å². The molecule has 13 heteroatoms. The Morgan fingerprint density at radius 1 is 1.04 bits per heavy atom. The minimum Gasteiger partial charge on any atom is -0.453 e. The van der Waals surface area contributed by atoms with Gasteiger partial charge in [0.15, 0.2) is 0 Å². The highest BCUT2D eigenvalue weighted by Gasteiger charge is 2.32. The summed E-state index contributed by atoms with van der Waals surface area (Å²) < 4.78 is 34.9.